The lowest BCUT2D eigenvalue weighted by Crippen LogP contribution is -2.47. The lowest BCUT2D eigenvalue weighted by Gasteiger charge is -2.34. The van der Waals surface area contributed by atoms with Crippen LogP contribution in [0.1, 0.15) is 25.3 Å². The van der Waals surface area contributed by atoms with Crippen molar-refractivity contribution in [3.63, 3.8) is 0 Å². The Morgan fingerprint density at radius 1 is 1.10 bits per heavy atom. The fraction of sp³-hybridized carbons (Fsp3) is 0.318. The molecule has 0 spiro atoms. The molecule has 3 rings (SSSR count). The number of hydrogen-bond donors (Lipinski definition) is 2. The van der Waals surface area contributed by atoms with Crippen LogP contribution in [0.5, 0.6) is 0 Å². The molecule has 0 saturated carbocycles. The van der Waals surface area contributed by atoms with Crippen LogP contribution in [-0.2, 0) is 9.59 Å². The number of benzene rings is 2. The van der Waals surface area contributed by atoms with Crippen molar-refractivity contribution in [2.24, 2.45) is 5.92 Å². The van der Waals surface area contributed by atoms with Crippen molar-refractivity contribution in [1.82, 2.24) is 4.90 Å². The van der Waals surface area contributed by atoms with Crippen LogP contribution in [0.25, 0.3) is 0 Å². The number of carbonyl (C=O) groups is 2. The molecule has 1 fully saturated rings. The van der Waals surface area contributed by atoms with Crippen molar-refractivity contribution < 1.29 is 9.59 Å². The van der Waals surface area contributed by atoms with Gasteiger partial charge in [-0.25, -0.2) is 0 Å². The summed E-state index contributed by atoms with van der Waals surface area (Å²) in [6.45, 7) is 3.20. The highest BCUT2D eigenvalue weighted by molar-refractivity contribution is 6.32. The van der Waals surface area contributed by atoms with Crippen molar-refractivity contribution in [2.45, 2.75) is 25.8 Å². The second-order valence-corrected chi connectivity index (χ2v) is 7.54. The van der Waals surface area contributed by atoms with Gasteiger partial charge in [0.2, 0.25) is 11.8 Å². The fourth-order valence-corrected chi connectivity index (χ4v) is 3.63. The highest BCUT2D eigenvalue weighted by atomic mass is 35.5. The predicted octanol–water partition coefficient (Wildman–Crippen LogP) is 3.89. The minimum atomic E-state index is -0.331. The standard InChI is InChI=1S/C22H23ClN4O2/c1-15(21(28)26-19-8-7-17(14-24)20(23)13-19)27-11-9-16(10-12-27)22(29)25-18-5-3-2-4-6-18/h2-8,13,15-16H,9-12H2,1H3,(H,25,29)(H,26,28). The van der Waals surface area contributed by atoms with Gasteiger partial charge in [-0.1, -0.05) is 29.8 Å². The maximum atomic E-state index is 12.6. The van der Waals surface area contributed by atoms with E-state index in [-0.39, 0.29) is 23.8 Å². The highest BCUT2D eigenvalue weighted by Gasteiger charge is 2.29. The molecule has 2 amide bonds. The number of rotatable bonds is 5. The van der Waals surface area contributed by atoms with Gasteiger partial charge in [0.05, 0.1) is 16.6 Å². The van der Waals surface area contributed by atoms with E-state index < -0.39 is 0 Å². The first kappa shape index (κ1) is 20.8. The Morgan fingerprint density at radius 3 is 2.41 bits per heavy atom. The molecule has 6 nitrogen and oxygen atoms in total. The number of hydrogen-bond acceptors (Lipinski definition) is 4. The van der Waals surface area contributed by atoms with Crippen molar-refractivity contribution in [3.8, 4) is 6.07 Å². The number of amides is 2. The van der Waals surface area contributed by atoms with Gasteiger partial charge in [0.15, 0.2) is 0 Å². The third-order valence-corrected chi connectivity index (χ3v) is 5.54. The van der Waals surface area contributed by atoms with E-state index >= 15 is 0 Å². The second kappa shape index (κ2) is 9.55. The molecule has 1 atom stereocenters. The molecule has 1 aliphatic heterocycles. The minimum absolute atomic E-state index is 0.0279. The van der Waals surface area contributed by atoms with E-state index in [4.69, 9.17) is 16.9 Å². The van der Waals surface area contributed by atoms with E-state index in [1.54, 1.807) is 18.2 Å². The molecule has 150 valence electrons. The quantitative estimate of drug-likeness (QED) is 0.783. The Morgan fingerprint density at radius 2 is 1.79 bits per heavy atom. The fourth-order valence-electron chi connectivity index (χ4n) is 3.41. The van der Waals surface area contributed by atoms with Crippen molar-refractivity contribution in [3.05, 3.63) is 59.1 Å². The number of anilines is 2. The normalized spacial score (nSPS) is 15.9. The summed E-state index contributed by atoms with van der Waals surface area (Å²) in [6, 6.07) is 15.9. The second-order valence-electron chi connectivity index (χ2n) is 7.14. The average Bonchev–Trinajstić information content (AvgIpc) is 2.74. The third kappa shape index (κ3) is 5.35. The predicted molar refractivity (Wildman–Crippen MR) is 114 cm³/mol. The van der Waals surface area contributed by atoms with E-state index in [0.717, 1.165) is 5.69 Å². The Kier molecular flexibility index (Phi) is 6.86. The summed E-state index contributed by atoms with van der Waals surface area (Å²) in [5.41, 5.74) is 1.73. The summed E-state index contributed by atoms with van der Waals surface area (Å²) >= 11 is 6.02. The lowest BCUT2D eigenvalue weighted by atomic mass is 9.94. The molecule has 0 bridgehead atoms. The molecule has 2 aromatic rings. The van der Waals surface area contributed by atoms with Gasteiger partial charge in [-0.2, -0.15) is 5.26 Å². The zero-order chi connectivity index (χ0) is 20.8. The summed E-state index contributed by atoms with van der Waals surface area (Å²) < 4.78 is 0. The number of nitriles is 1. The molecule has 29 heavy (non-hydrogen) atoms. The summed E-state index contributed by atoms with van der Waals surface area (Å²) in [5.74, 6) is -0.169. The Balaban J connectivity index is 1.51. The van der Waals surface area contributed by atoms with Crippen LogP contribution < -0.4 is 10.6 Å². The largest absolute Gasteiger partial charge is 0.326 e. The van der Waals surface area contributed by atoms with E-state index in [1.165, 1.54) is 0 Å². The first-order chi connectivity index (χ1) is 14.0. The molecule has 1 saturated heterocycles. The molecule has 2 N–H and O–H groups in total. The molecule has 0 radical (unpaired) electrons. The maximum Gasteiger partial charge on any atom is 0.241 e. The molecular formula is C22H23ClN4O2. The van der Waals surface area contributed by atoms with Gasteiger partial charge in [0.25, 0.3) is 0 Å². The minimum Gasteiger partial charge on any atom is -0.326 e. The highest BCUT2D eigenvalue weighted by Crippen LogP contribution is 2.23. The zero-order valence-corrected chi connectivity index (χ0v) is 16.9. The molecule has 1 unspecified atom stereocenters. The lowest BCUT2D eigenvalue weighted by molar-refractivity contribution is -0.123. The number of likely N-dealkylation sites (tertiary alicyclic amines) is 1. The Labute approximate surface area is 175 Å². The van der Waals surface area contributed by atoms with Gasteiger partial charge in [0, 0.05) is 17.3 Å². The van der Waals surface area contributed by atoms with Gasteiger partial charge < -0.3 is 10.6 Å². The number of para-hydroxylation sites is 1. The van der Waals surface area contributed by atoms with Gasteiger partial charge in [-0.3, -0.25) is 14.5 Å². The smallest absolute Gasteiger partial charge is 0.241 e. The van der Waals surface area contributed by atoms with Crippen LogP contribution in [0.15, 0.2) is 48.5 Å². The summed E-state index contributed by atoms with van der Waals surface area (Å²) in [4.78, 5) is 27.1. The molecule has 0 aromatic heterocycles. The molecule has 1 heterocycles. The van der Waals surface area contributed by atoms with Crippen molar-refractivity contribution in [1.29, 1.82) is 5.26 Å². The Hall–Kier alpha value is -2.88. The van der Waals surface area contributed by atoms with Gasteiger partial charge in [-0.05, 0) is 63.2 Å². The molecular weight excluding hydrogens is 388 g/mol. The number of nitrogens with zero attached hydrogens (tertiary/aromatic N) is 2. The van der Waals surface area contributed by atoms with Gasteiger partial charge >= 0.3 is 0 Å². The summed E-state index contributed by atoms with van der Waals surface area (Å²) in [6.07, 6.45) is 1.41. The van der Waals surface area contributed by atoms with Gasteiger partial charge in [0.1, 0.15) is 6.07 Å². The van der Waals surface area contributed by atoms with Crippen LogP contribution in [0, 0.1) is 17.2 Å². The number of nitrogens with one attached hydrogen (secondary N) is 2. The van der Waals surface area contributed by atoms with Crippen LogP contribution in [0.3, 0.4) is 0 Å². The zero-order valence-electron chi connectivity index (χ0n) is 16.2. The van der Waals surface area contributed by atoms with Crippen LogP contribution in [0.2, 0.25) is 5.02 Å². The number of carbonyl (C=O) groups excluding carboxylic acids is 2. The van der Waals surface area contributed by atoms with E-state index in [9.17, 15) is 9.59 Å². The van der Waals surface area contributed by atoms with Gasteiger partial charge in [-0.15, -0.1) is 0 Å². The first-order valence-corrected chi connectivity index (χ1v) is 9.96. The molecule has 0 aliphatic carbocycles. The van der Waals surface area contributed by atoms with E-state index in [2.05, 4.69) is 15.5 Å². The third-order valence-electron chi connectivity index (χ3n) is 5.23. The average molecular weight is 411 g/mol. The summed E-state index contributed by atoms with van der Waals surface area (Å²) in [5, 5.41) is 15.0. The van der Waals surface area contributed by atoms with E-state index in [0.29, 0.717) is 42.2 Å². The Bertz CT molecular complexity index is 918. The van der Waals surface area contributed by atoms with Crippen LogP contribution >= 0.6 is 11.6 Å². The first-order valence-electron chi connectivity index (χ1n) is 9.58. The topological polar surface area (TPSA) is 85.2 Å². The summed E-state index contributed by atoms with van der Waals surface area (Å²) in [7, 11) is 0. The van der Waals surface area contributed by atoms with E-state index in [1.807, 2.05) is 43.3 Å². The molecule has 2 aromatic carbocycles. The monoisotopic (exact) mass is 410 g/mol. The van der Waals surface area contributed by atoms with Crippen molar-refractivity contribution >= 4 is 34.8 Å². The van der Waals surface area contributed by atoms with Crippen molar-refractivity contribution in [2.75, 3.05) is 23.7 Å². The van der Waals surface area contributed by atoms with Crippen LogP contribution in [0.4, 0.5) is 11.4 Å². The maximum absolute atomic E-state index is 12.6. The number of piperidine rings is 1. The number of halogens is 1. The molecule has 1 aliphatic rings. The van der Waals surface area contributed by atoms with Crippen LogP contribution in [-0.4, -0.2) is 35.8 Å². The molecule has 7 heteroatoms. The SMILES string of the molecule is CC(C(=O)Nc1ccc(C#N)c(Cl)c1)N1CCC(C(=O)Nc2ccccc2)CC1.